The Balaban J connectivity index is 0.00000264. The van der Waals surface area contributed by atoms with Crippen molar-refractivity contribution in [3.05, 3.63) is 28.5 Å². The zero-order valence-corrected chi connectivity index (χ0v) is 17.1. The summed E-state index contributed by atoms with van der Waals surface area (Å²) in [6.07, 6.45) is 0. The van der Waals surface area contributed by atoms with E-state index < -0.39 is 0 Å². The zero-order valence-electron chi connectivity index (χ0n) is 14.7. The minimum absolute atomic E-state index is 0. The Bertz CT molecular complexity index is 494. The summed E-state index contributed by atoms with van der Waals surface area (Å²) in [7, 11) is 0. The molecule has 1 fully saturated rings. The van der Waals surface area contributed by atoms with Crippen LogP contribution >= 0.6 is 36.4 Å². The van der Waals surface area contributed by atoms with Crippen LogP contribution in [0.25, 0.3) is 0 Å². The van der Waals surface area contributed by atoms with E-state index in [1.54, 1.807) is 6.07 Å². The van der Waals surface area contributed by atoms with E-state index >= 15 is 0 Å². The minimum atomic E-state index is -0.381. The standard InChI is InChI=1S/C17H26ClFN2O.2ClH/c1-5-22-15-13(18)10-12(11-14(15)19)16(17(2,3)4)21-8-6-20-7-9-21;;/h10-11,16,20H,5-9H2,1-4H3;2*1H/t16-;;/m0../s1. The lowest BCUT2D eigenvalue weighted by Gasteiger charge is -2.42. The molecule has 0 bridgehead atoms. The van der Waals surface area contributed by atoms with E-state index in [1.165, 1.54) is 0 Å². The van der Waals surface area contributed by atoms with Gasteiger partial charge >= 0.3 is 0 Å². The molecule has 0 amide bonds. The third kappa shape index (κ3) is 5.63. The summed E-state index contributed by atoms with van der Waals surface area (Å²) >= 11 is 6.25. The molecular weight excluding hydrogens is 374 g/mol. The van der Waals surface area contributed by atoms with Crippen molar-refractivity contribution in [3.63, 3.8) is 0 Å². The lowest BCUT2D eigenvalue weighted by atomic mass is 9.81. The molecule has 1 saturated heterocycles. The Morgan fingerprint density at radius 2 is 1.83 bits per heavy atom. The largest absolute Gasteiger partial charge is 0.489 e. The topological polar surface area (TPSA) is 24.5 Å². The van der Waals surface area contributed by atoms with E-state index in [0.717, 1.165) is 31.7 Å². The first-order valence-electron chi connectivity index (χ1n) is 7.91. The fourth-order valence-electron chi connectivity index (χ4n) is 3.22. The quantitative estimate of drug-likeness (QED) is 0.790. The van der Waals surface area contributed by atoms with E-state index in [0.29, 0.717) is 11.6 Å². The molecule has 1 aliphatic rings. The predicted octanol–water partition coefficient (Wildman–Crippen LogP) is 4.71. The van der Waals surface area contributed by atoms with Gasteiger partial charge in [-0.05, 0) is 30.0 Å². The average molecular weight is 402 g/mol. The average Bonchev–Trinajstić information content (AvgIpc) is 2.43. The van der Waals surface area contributed by atoms with Crippen LogP contribution in [0.3, 0.4) is 0 Å². The van der Waals surface area contributed by atoms with Crippen LogP contribution in [0.5, 0.6) is 5.75 Å². The highest BCUT2D eigenvalue weighted by Crippen LogP contribution is 2.41. The van der Waals surface area contributed by atoms with Crippen molar-refractivity contribution in [2.75, 3.05) is 32.8 Å². The maximum absolute atomic E-state index is 14.4. The van der Waals surface area contributed by atoms with Gasteiger partial charge in [0.15, 0.2) is 11.6 Å². The monoisotopic (exact) mass is 400 g/mol. The Labute approximate surface area is 162 Å². The van der Waals surface area contributed by atoms with Crippen molar-refractivity contribution >= 4 is 36.4 Å². The van der Waals surface area contributed by atoms with Crippen LogP contribution in [0.1, 0.15) is 39.3 Å². The predicted molar refractivity (Wildman–Crippen MR) is 104 cm³/mol. The fourth-order valence-corrected chi connectivity index (χ4v) is 3.49. The van der Waals surface area contributed by atoms with E-state index in [9.17, 15) is 4.39 Å². The molecule has 0 aliphatic carbocycles. The Kier molecular flexibility index (Phi) is 9.92. The Morgan fingerprint density at radius 3 is 2.29 bits per heavy atom. The van der Waals surface area contributed by atoms with Gasteiger partial charge in [-0.1, -0.05) is 32.4 Å². The normalized spacial score (nSPS) is 16.8. The highest BCUT2D eigenvalue weighted by molar-refractivity contribution is 6.32. The molecule has 140 valence electrons. The molecule has 0 saturated carbocycles. The van der Waals surface area contributed by atoms with Crippen LogP contribution < -0.4 is 10.1 Å². The van der Waals surface area contributed by atoms with Crippen LogP contribution in [0.15, 0.2) is 12.1 Å². The molecule has 0 radical (unpaired) electrons. The summed E-state index contributed by atoms with van der Waals surface area (Å²) in [4.78, 5) is 2.40. The number of piperazine rings is 1. The Morgan fingerprint density at radius 1 is 1.25 bits per heavy atom. The van der Waals surface area contributed by atoms with Crippen LogP contribution in [0.2, 0.25) is 5.02 Å². The van der Waals surface area contributed by atoms with Crippen molar-refractivity contribution in [1.29, 1.82) is 0 Å². The summed E-state index contributed by atoms with van der Waals surface area (Å²) in [6.45, 7) is 12.6. The first-order valence-corrected chi connectivity index (χ1v) is 8.29. The van der Waals surface area contributed by atoms with Crippen LogP contribution in [0, 0.1) is 11.2 Å². The molecule has 1 aromatic carbocycles. The lowest BCUT2D eigenvalue weighted by Crippen LogP contribution is -2.48. The second-order valence-electron chi connectivity index (χ2n) is 6.80. The molecule has 3 nitrogen and oxygen atoms in total. The molecule has 0 aromatic heterocycles. The summed E-state index contributed by atoms with van der Waals surface area (Å²) in [5, 5.41) is 3.71. The molecule has 7 heteroatoms. The number of rotatable bonds is 4. The molecule has 1 aliphatic heterocycles. The van der Waals surface area contributed by atoms with Crippen molar-refractivity contribution < 1.29 is 9.13 Å². The number of benzene rings is 1. The summed E-state index contributed by atoms with van der Waals surface area (Å²) in [5.74, 6) is -0.227. The maximum atomic E-state index is 14.4. The third-order valence-corrected chi connectivity index (χ3v) is 4.24. The highest BCUT2D eigenvalue weighted by Gasteiger charge is 2.33. The summed E-state index contributed by atoms with van der Waals surface area (Å²) in [6, 6.07) is 3.56. The lowest BCUT2D eigenvalue weighted by molar-refractivity contribution is 0.0859. The second kappa shape index (κ2) is 10.0. The van der Waals surface area contributed by atoms with Gasteiger partial charge in [0, 0.05) is 32.2 Å². The van der Waals surface area contributed by atoms with E-state index in [-0.39, 0.29) is 47.8 Å². The number of hydrogen-bond donors (Lipinski definition) is 1. The fraction of sp³-hybridized carbons (Fsp3) is 0.647. The molecule has 1 heterocycles. The van der Waals surface area contributed by atoms with Crippen LogP contribution in [0.4, 0.5) is 4.39 Å². The van der Waals surface area contributed by atoms with E-state index in [2.05, 4.69) is 31.0 Å². The first-order chi connectivity index (χ1) is 10.3. The molecule has 1 aromatic rings. The van der Waals surface area contributed by atoms with Crippen molar-refractivity contribution in [2.45, 2.75) is 33.7 Å². The van der Waals surface area contributed by atoms with Gasteiger partial charge in [-0.3, -0.25) is 4.90 Å². The van der Waals surface area contributed by atoms with Gasteiger partial charge in [0.25, 0.3) is 0 Å². The summed E-state index contributed by atoms with van der Waals surface area (Å²) < 4.78 is 19.7. The molecule has 2 rings (SSSR count). The molecule has 24 heavy (non-hydrogen) atoms. The van der Waals surface area contributed by atoms with Gasteiger partial charge < -0.3 is 10.1 Å². The number of hydrogen-bond acceptors (Lipinski definition) is 3. The summed E-state index contributed by atoms with van der Waals surface area (Å²) in [5.41, 5.74) is 0.903. The minimum Gasteiger partial charge on any atom is -0.489 e. The molecule has 1 atom stereocenters. The molecule has 0 unspecified atom stereocenters. The molecule has 0 spiro atoms. The molecular formula is C17H28Cl3FN2O. The highest BCUT2D eigenvalue weighted by atomic mass is 35.5. The zero-order chi connectivity index (χ0) is 16.3. The van der Waals surface area contributed by atoms with Gasteiger partial charge in [0.1, 0.15) is 0 Å². The van der Waals surface area contributed by atoms with Crippen LogP contribution in [-0.2, 0) is 0 Å². The molecule has 1 N–H and O–H groups in total. The van der Waals surface area contributed by atoms with E-state index in [4.69, 9.17) is 16.3 Å². The Hall–Kier alpha value is -0.260. The van der Waals surface area contributed by atoms with E-state index in [1.807, 2.05) is 13.0 Å². The SMILES string of the molecule is CCOc1c(F)cc([C@H](N2CCNCC2)C(C)(C)C)cc1Cl.Cl.Cl. The van der Waals surface area contributed by atoms with Gasteiger partial charge in [0.2, 0.25) is 0 Å². The van der Waals surface area contributed by atoms with Gasteiger partial charge in [0.05, 0.1) is 11.6 Å². The van der Waals surface area contributed by atoms with Gasteiger partial charge in [-0.15, -0.1) is 24.8 Å². The van der Waals surface area contributed by atoms with Crippen LogP contribution in [-0.4, -0.2) is 37.7 Å². The number of ether oxygens (including phenoxy) is 1. The van der Waals surface area contributed by atoms with Crippen molar-refractivity contribution in [2.24, 2.45) is 5.41 Å². The number of nitrogens with zero attached hydrogens (tertiary/aromatic N) is 1. The number of nitrogens with one attached hydrogen (secondary N) is 1. The smallest absolute Gasteiger partial charge is 0.173 e. The number of halogens is 4. The van der Waals surface area contributed by atoms with Gasteiger partial charge in [-0.25, -0.2) is 4.39 Å². The van der Waals surface area contributed by atoms with Crippen molar-refractivity contribution in [3.8, 4) is 5.75 Å². The van der Waals surface area contributed by atoms with Crippen molar-refractivity contribution in [1.82, 2.24) is 10.2 Å². The third-order valence-electron chi connectivity index (χ3n) is 3.96. The van der Waals surface area contributed by atoms with Gasteiger partial charge in [-0.2, -0.15) is 0 Å². The first kappa shape index (κ1) is 23.7. The maximum Gasteiger partial charge on any atom is 0.173 e. The second-order valence-corrected chi connectivity index (χ2v) is 7.21.